The van der Waals surface area contributed by atoms with Crippen LogP contribution in [0.25, 0.3) is 0 Å². The van der Waals surface area contributed by atoms with E-state index in [2.05, 4.69) is 4.98 Å². The van der Waals surface area contributed by atoms with Gasteiger partial charge in [0, 0.05) is 24.2 Å². The van der Waals surface area contributed by atoms with E-state index in [1.165, 1.54) is 6.20 Å². The Labute approximate surface area is 95.8 Å². The highest BCUT2D eigenvalue weighted by atomic mass is 16.5. The number of hydrogen-bond donors (Lipinski definition) is 1. The Morgan fingerprint density at radius 3 is 2.69 bits per heavy atom. The molecule has 0 saturated carbocycles. The van der Waals surface area contributed by atoms with Crippen LogP contribution in [0.2, 0.25) is 0 Å². The molecule has 16 heavy (non-hydrogen) atoms. The van der Waals surface area contributed by atoms with Gasteiger partial charge in [0.05, 0.1) is 12.3 Å². The first kappa shape index (κ1) is 12.6. The molecule has 0 amide bonds. The zero-order chi connectivity index (χ0) is 12.1. The summed E-state index contributed by atoms with van der Waals surface area (Å²) in [4.78, 5) is 15.7. The van der Waals surface area contributed by atoms with Crippen molar-refractivity contribution in [2.24, 2.45) is 5.73 Å². The van der Waals surface area contributed by atoms with Gasteiger partial charge in [-0.2, -0.15) is 0 Å². The lowest BCUT2D eigenvalue weighted by Crippen LogP contribution is -2.19. The van der Waals surface area contributed by atoms with E-state index in [4.69, 9.17) is 10.5 Å². The van der Waals surface area contributed by atoms with Crippen LogP contribution in [-0.4, -0.2) is 22.9 Å². The van der Waals surface area contributed by atoms with Crippen molar-refractivity contribution in [3.63, 3.8) is 0 Å². The Kier molecular flexibility index (Phi) is 4.43. The van der Waals surface area contributed by atoms with Crippen molar-refractivity contribution in [3.05, 3.63) is 24.0 Å². The Bertz CT molecular complexity index is 362. The molecule has 4 heteroatoms. The summed E-state index contributed by atoms with van der Waals surface area (Å²) < 4.78 is 5.46. The highest BCUT2D eigenvalue weighted by Crippen LogP contribution is 2.14. The second-order valence-electron chi connectivity index (χ2n) is 4.18. The minimum Gasteiger partial charge on any atom is -0.489 e. The van der Waals surface area contributed by atoms with E-state index in [0.717, 1.165) is 0 Å². The van der Waals surface area contributed by atoms with E-state index in [9.17, 15) is 4.79 Å². The second-order valence-corrected chi connectivity index (χ2v) is 4.18. The largest absolute Gasteiger partial charge is 0.489 e. The quantitative estimate of drug-likeness (QED) is 0.771. The molecule has 0 aliphatic heterocycles. The normalized spacial score (nSPS) is 12.6. The van der Waals surface area contributed by atoms with Crippen molar-refractivity contribution < 1.29 is 9.53 Å². The minimum atomic E-state index is -0.137. The van der Waals surface area contributed by atoms with Crippen LogP contribution >= 0.6 is 0 Å². The number of aromatic nitrogens is 1. The van der Waals surface area contributed by atoms with Gasteiger partial charge < -0.3 is 10.5 Å². The Hall–Kier alpha value is -1.42. The van der Waals surface area contributed by atoms with Crippen molar-refractivity contribution >= 4 is 5.78 Å². The van der Waals surface area contributed by atoms with Gasteiger partial charge in [-0.1, -0.05) is 0 Å². The molecule has 0 fully saturated rings. The van der Waals surface area contributed by atoms with Gasteiger partial charge in [0.25, 0.3) is 0 Å². The van der Waals surface area contributed by atoms with Crippen molar-refractivity contribution in [1.29, 1.82) is 0 Å². The fourth-order valence-electron chi connectivity index (χ4n) is 1.32. The summed E-state index contributed by atoms with van der Waals surface area (Å²) in [6.07, 6.45) is 3.54. The topological polar surface area (TPSA) is 65.2 Å². The van der Waals surface area contributed by atoms with Gasteiger partial charge in [-0.3, -0.25) is 9.78 Å². The molecule has 88 valence electrons. The molecule has 1 unspecified atom stereocenters. The molecule has 2 N–H and O–H groups in total. The minimum absolute atomic E-state index is 0.00305. The lowest BCUT2D eigenvalue weighted by atomic mass is 10.1. The summed E-state index contributed by atoms with van der Waals surface area (Å²) in [5.74, 6) is 0.613. The maximum absolute atomic E-state index is 11.7. The molecular weight excluding hydrogens is 204 g/mol. The molecule has 1 aromatic heterocycles. The standard InChI is InChI=1S/C12H18N2O2/c1-8(2)16-11-5-10(6-14-7-11)12(15)4-9(3)13/h5-9H,4,13H2,1-3H3. The van der Waals surface area contributed by atoms with Crippen LogP contribution in [0.5, 0.6) is 5.75 Å². The monoisotopic (exact) mass is 222 g/mol. The number of Topliss-reactive ketones (excluding diaryl/α,β-unsaturated/α-hetero) is 1. The van der Waals surface area contributed by atoms with E-state index in [1.807, 2.05) is 13.8 Å². The molecular formula is C12H18N2O2. The van der Waals surface area contributed by atoms with E-state index < -0.39 is 0 Å². The van der Waals surface area contributed by atoms with Crippen LogP contribution in [0, 0.1) is 0 Å². The lowest BCUT2D eigenvalue weighted by molar-refractivity contribution is 0.0975. The number of rotatable bonds is 5. The molecule has 1 atom stereocenters. The van der Waals surface area contributed by atoms with Gasteiger partial charge in [-0.05, 0) is 26.8 Å². The molecule has 1 heterocycles. The fourth-order valence-corrected chi connectivity index (χ4v) is 1.32. The summed E-state index contributed by atoms with van der Waals surface area (Å²) >= 11 is 0. The zero-order valence-corrected chi connectivity index (χ0v) is 9.93. The summed E-state index contributed by atoms with van der Waals surface area (Å²) in [7, 11) is 0. The van der Waals surface area contributed by atoms with Gasteiger partial charge in [-0.25, -0.2) is 0 Å². The average molecular weight is 222 g/mol. The van der Waals surface area contributed by atoms with Gasteiger partial charge in [0.1, 0.15) is 5.75 Å². The van der Waals surface area contributed by atoms with E-state index in [0.29, 0.717) is 17.7 Å². The first-order chi connectivity index (χ1) is 7.49. The Morgan fingerprint density at radius 2 is 2.12 bits per heavy atom. The van der Waals surface area contributed by atoms with Crippen molar-refractivity contribution in [1.82, 2.24) is 4.98 Å². The molecule has 1 rings (SSSR count). The summed E-state index contributed by atoms with van der Waals surface area (Å²) in [6.45, 7) is 5.66. The van der Waals surface area contributed by atoms with E-state index in [1.54, 1.807) is 19.2 Å². The van der Waals surface area contributed by atoms with Gasteiger partial charge >= 0.3 is 0 Å². The molecule has 4 nitrogen and oxygen atoms in total. The molecule has 0 aromatic carbocycles. The molecule has 0 aliphatic carbocycles. The van der Waals surface area contributed by atoms with Crippen molar-refractivity contribution in [2.75, 3.05) is 0 Å². The Balaban J connectivity index is 2.77. The average Bonchev–Trinajstić information content (AvgIpc) is 2.16. The summed E-state index contributed by atoms with van der Waals surface area (Å²) in [5, 5.41) is 0. The number of hydrogen-bond acceptors (Lipinski definition) is 4. The van der Waals surface area contributed by atoms with Crippen LogP contribution < -0.4 is 10.5 Å². The van der Waals surface area contributed by atoms with Crippen LogP contribution in [0.4, 0.5) is 0 Å². The molecule has 0 saturated heterocycles. The third-order valence-corrected chi connectivity index (χ3v) is 1.91. The lowest BCUT2D eigenvalue weighted by Gasteiger charge is -2.10. The number of carbonyl (C=O) groups is 1. The van der Waals surface area contributed by atoms with Crippen LogP contribution in [-0.2, 0) is 0 Å². The highest BCUT2D eigenvalue weighted by Gasteiger charge is 2.10. The first-order valence-corrected chi connectivity index (χ1v) is 5.39. The molecule has 0 aliphatic rings. The van der Waals surface area contributed by atoms with E-state index >= 15 is 0 Å². The third-order valence-electron chi connectivity index (χ3n) is 1.91. The van der Waals surface area contributed by atoms with Crippen LogP contribution in [0.1, 0.15) is 37.6 Å². The van der Waals surface area contributed by atoms with Gasteiger partial charge in [-0.15, -0.1) is 0 Å². The van der Waals surface area contributed by atoms with Crippen LogP contribution in [0.15, 0.2) is 18.5 Å². The van der Waals surface area contributed by atoms with Crippen molar-refractivity contribution in [3.8, 4) is 5.75 Å². The number of pyridine rings is 1. The number of nitrogens with two attached hydrogens (primary N) is 1. The maximum Gasteiger partial charge on any atom is 0.166 e. The fraction of sp³-hybridized carbons (Fsp3) is 0.500. The molecule has 0 bridgehead atoms. The Morgan fingerprint density at radius 1 is 1.44 bits per heavy atom. The number of ether oxygens (including phenoxy) is 1. The van der Waals surface area contributed by atoms with Gasteiger partial charge in [0.15, 0.2) is 5.78 Å². The predicted molar refractivity (Wildman–Crippen MR) is 62.6 cm³/mol. The maximum atomic E-state index is 11.7. The van der Waals surface area contributed by atoms with Crippen LogP contribution in [0.3, 0.4) is 0 Å². The first-order valence-electron chi connectivity index (χ1n) is 5.39. The van der Waals surface area contributed by atoms with Gasteiger partial charge in [0.2, 0.25) is 0 Å². The van der Waals surface area contributed by atoms with E-state index in [-0.39, 0.29) is 17.9 Å². The second kappa shape index (κ2) is 5.61. The molecule has 1 aromatic rings. The number of nitrogens with zero attached hydrogens (tertiary/aromatic N) is 1. The predicted octanol–water partition coefficient (Wildman–Crippen LogP) is 1.79. The smallest absolute Gasteiger partial charge is 0.166 e. The number of ketones is 1. The van der Waals surface area contributed by atoms with Crippen molar-refractivity contribution in [2.45, 2.75) is 39.3 Å². The zero-order valence-electron chi connectivity index (χ0n) is 9.93. The number of carbonyl (C=O) groups excluding carboxylic acids is 1. The summed E-state index contributed by atoms with van der Waals surface area (Å²) in [6, 6.07) is 1.57. The summed E-state index contributed by atoms with van der Waals surface area (Å²) in [5.41, 5.74) is 6.13. The highest BCUT2D eigenvalue weighted by molar-refractivity contribution is 5.96. The molecule has 0 spiro atoms. The third kappa shape index (κ3) is 3.98. The SMILES string of the molecule is CC(N)CC(=O)c1cncc(OC(C)C)c1. The molecule has 0 radical (unpaired) electrons.